The maximum Gasteiger partial charge on any atom is 0.261 e. The minimum Gasteiger partial charge on any atom is -0.352 e. The summed E-state index contributed by atoms with van der Waals surface area (Å²) in [6.07, 6.45) is -0.918. The van der Waals surface area contributed by atoms with E-state index in [4.69, 9.17) is 9.47 Å². The van der Waals surface area contributed by atoms with Gasteiger partial charge in [0.25, 0.3) is 10.0 Å². The molecule has 1 N–H and O–H groups in total. The number of hydrogen-bond donors (Lipinski definition) is 1. The van der Waals surface area contributed by atoms with Crippen molar-refractivity contribution in [2.45, 2.75) is 18.1 Å². The Morgan fingerprint density at radius 1 is 1.04 bits per heavy atom. The second-order valence-corrected chi connectivity index (χ2v) is 6.61. The molecule has 23 heavy (non-hydrogen) atoms. The zero-order valence-electron chi connectivity index (χ0n) is 13.0. The van der Waals surface area contributed by atoms with Gasteiger partial charge in [0.1, 0.15) is 0 Å². The second-order valence-electron chi connectivity index (χ2n) is 4.93. The summed E-state index contributed by atoms with van der Waals surface area (Å²) in [5.41, 5.74) is 0.876. The Morgan fingerprint density at radius 3 is 2.22 bits per heavy atom. The predicted molar refractivity (Wildman–Crippen MR) is 85.1 cm³/mol. The van der Waals surface area contributed by atoms with Gasteiger partial charge in [0, 0.05) is 19.8 Å². The van der Waals surface area contributed by atoms with Gasteiger partial charge in [-0.1, -0.05) is 29.8 Å². The molecule has 7 heteroatoms. The van der Waals surface area contributed by atoms with Crippen molar-refractivity contribution in [1.29, 1.82) is 0 Å². The van der Waals surface area contributed by atoms with E-state index in [1.807, 2.05) is 6.92 Å². The number of aryl methyl sites for hydroxylation is 1. The highest BCUT2D eigenvalue weighted by molar-refractivity contribution is 7.92. The molecule has 0 aromatic heterocycles. The monoisotopic (exact) mass is 339 g/mol. The molecular weight excluding hydrogens is 321 g/mol. The predicted octanol–water partition coefficient (Wildman–Crippen LogP) is 3.23. The number of benzene rings is 2. The lowest BCUT2D eigenvalue weighted by Gasteiger charge is -2.17. The van der Waals surface area contributed by atoms with Gasteiger partial charge in [0.15, 0.2) is 12.1 Å². The third-order valence-electron chi connectivity index (χ3n) is 3.29. The van der Waals surface area contributed by atoms with Crippen molar-refractivity contribution >= 4 is 15.7 Å². The molecule has 0 aliphatic heterocycles. The van der Waals surface area contributed by atoms with Crippen molar-refractivity contribution in [3.05, 3.63) is 59.4 Å². The summed E-state index contributed by atoms with van der Waals surface area (Å²) in [4.78, 5) is 0.0583. The van der Waals surface area contributed by atoms with Crippen LogP contribution < -0.4 is 4.72 Å². The van der Waals surface area contributed by atoms with Gasteiger partial charge < -0.3 is 9.47 Å². The summed E-state index contributed by atoms with van der Waals surface area (Å²) >= 11 is 0. The van der Waals surface area contributed by atoms with Crippen molar-refractivity contribution in [1.82, 2.24) is 0 Å². The minimum atomic E-state index is -3.88. The highest BCUT2D eigenvalue weighted by Gasteiger charge is 2.21. The van der Waals surface area contributed by atoms with E-state index in [-0.39, 0.29) is 16.1 Å². The molecule has 0 spiro atoms. The van der Waals surface area contributed by atoms with E-state index in [0.717, 1.165) is 5.56 Å². The summed E-state index contributed by atoms with van der Waals surface area (Å²) in [5.74, 6) is -0.739. The van der Waals surface area contributed by atoms with Gasteiger partial charge in [-0.05, 0) is 25.1 Å². The van der Waals surface area contributed by atoms with Crippen LogP contribution in [0.25, 0.3) is 0 Å². The number of rotatable bonds is 6. The molecular formula is C16H18FNO4S. The van der Waals surface area contributed by atoms with E-state index in [1.54, 1.807) is 12.1 Å². The number of ether oxygens (including phenoxy) is 2. The fourth-order valence-corrected chi connectivity index (χ4v) is 3.14. The van der Waals surface area contributed by atoms with Crippen LogP contribution in [0.1, 0.15) is 17.4 Å². The van der Waals surface area contributed by atoms with Gasteiger partial charge in [-0.2, -0.15) is 0 Å². The van der Waals surface area contributed by atoms with Crippen LogP contribution in [-0.2, 0) is 19.5 Å². The fourth-order valence-electron chi connectivity index (χ4n) is 2.08. The van der Waals surface area contributed by atoms with Gasteiger partial charge in [-0.25, -0.2) is 12.8 Å². The van der Waals surface area contributed by atoms with E-state index in [2.05, 4.69) is 4.72 Å². The summed E-state index contributed by atoms with van der Waals surface area (Å²) < 4.78 is 51.5. The number of halogens is 1. The van der Waals surface area contributed by atoms with Crippen molar-refractivity contribution in [2.24, 2.45) is 0 Å². The molecule has 0 heterocycles. The van der Waals surface area contributed by atoms with Crippen LogP contribution in [0, 0.1) is 12.7 Å². The largest absolute Gasteiger partial charge is 0.352 e. The molecule has 0 bridgehead atoms. The third kappa shape index (κ3) is 3.87. The molecule has 5 nitrogen and oxygen atoms in total. The Kier molecular flexibility index (Phi) is 5.35. The van der Waals surface area contributed by atoms with E-state index in [1.165, 1.54) is 44.6 Å². The van der Waals surface area contributed by atoms with Crippen LogP contribution >= 0.6 is 0 Å². The average molecular weight is 339 g/mol. The topological polar surface area (TPSA) is 64.6 Å². The average Bonchev–Trinajstić information content (AvgIpc) is 2.52. The molecule has 0 fully saturated rings. The number of nitrogens with one attached hydrogen (secondary N) is 1. The highest BCUT2D eigenvalue weighted by atomic mass is 32.2. The first-order chi connectivity index (χ1) is 10.9. The highest BCUT2D eigenvalue weighted by Crippen LogP contribution is 2.27. The Balaban J connectivity index is 2.36. The first kappa shape index (κ1) is 17.4. The molecule has 2 aromatic carbocycles. The summed E-state index contributed by atoms with van der Waals surface area (Å²) in [6.45, 7) is 1.85. The maximum absolute atomic E-state index is 14.5. The zero-order valence-corrected chi connectivity index (χ0v) is 13.9. The molecule has 0 aliphatic rings. The van der Waals surface area contributed by atoms with Crippen molar-refractivity contribution in [3.63, 3.8) is 0 Å². The van der Waals surface area contributed by atoms with Gasteiger partial charge in [0.05, 0.1) is 10.6 Å². The molecule has 0 amide bonds. The van der Waals surface area contributed by atoms with Crippen LogP contribution in [0.3, 0.4) is 0 Å². The molecule has 0 unspecified atom stereocenters. The van der Waals surface area contributed by atoms with Crippen molar-refractivity contribution in [2.75, 3.05) is 18.9 Å². The Labute approximate surface area is 135 Å². The van der Waals surface area contributed by atoms with Gasteiger partial charge >= 0.3 is 0 Å². The molecule has 0 atom stereocenters. The normalized spacial score (nSPS) is 11.7. The van der Waals surface area contributed by atoms with E-state index >= 15 is 0 Å². The Bertz CT molecular complexity index is 771. The van der Waals surface area contributed by atoms with Crippen LogP contribution in [-0.4, -0.2) is 22.6 Å². The second kappa shape index (κ2) is 7.08. The number of methoxy groups -OCH3 is 2. The lowest BCUT2D eigenvalue weighted by molar-refractivity contribution is -0.107. The van der Waals surface area contributed by atoms with Crippen LogP contribution in [0.15, 0.2) is 47.4 Å². The molecule has 2 rings (SSSR count). The first-order valence-corrected chi connectivity index (χ1v) is 8.31. The standard InChI is InChI=1S/C16H18FNO4S/c1-11-7-9-12(10-8-11)23(19,20)18-14-6-4-5-13(15(14)17)16(21-2)22-3/h4-10,16,18H,1-3H3. The minimum absolute atomic E-state index is 0.0583. The van der Waals surface area contributed by atoms with E-state index in [9.17, 15) is 12.8 Å². The van der Waals surface area contributed by atoms with E-state index < -0.39 is 22.1 Å². The zero-order chi connectivity index (χ0) is 17.0. The third-order valence-corrected chi connectivity index (χ3v) is 4.67. The van der Waals surface area contributed by atoms with Crippen molar-refractivity contribution < 1.29 is 22.3 Å². The molecule has 0 aliphatic carbocycles. The Morgan fingerprint density at radius 2 is 1.65 bits per heavy atom. The smallest absolute Gasteiger partial charge is 0.261 e. The quantitative estimate of drug-likeness (QED) is 0.821. The number of sulfonamides is 1. The molecule has 2 aromatic rings. The van der Waals surface area contributed by atoms with Gasteiger partial charge in [-0.15, -0.1) is 0 Å². The molecule has 0 saturated carbocycles. The van der Waals surface area contributed by atoms with Crippen molar-refractivity contribution in [3.8, 4) is 0 Å². The molecule has 0 radical (unpaired) electrons. The van der Waals surface area contributed by atoms with E-state index in [0.29, 0.717) is 0 Å². The molecule has 0 saturated heterocycles. The van der Waals surface area contributed by atoms with Gasteiger partial charge in [0.2, 0.25) is 0 Å². The van der Waals surface area contributed by atoms with Crippen LogP contribution in [0.2, 0.25) is 0 Å². The van der Waals surface area contributed by atoms with Gasteiger partial charge in [-0.3, -0.25) is 4.72 Å². The maximum atomic E-state index is 14.5. The molecule has 124 valence electrons. The Hall–Kier alpha value is -1.96. The number of anilines is 1. The lowest BCUT2D eigenvalue weighted by Crippen LogP contribution is -2.15. The van der Waals surface area contributed by atoms with Crippen LogP contribution in [0.5, 0.6) is 0 Å². The SMILES string of the molecule is COC(OC)c1cccc(NS(=O)(=O)c2ccc(C)cc2)c1F. The lowest BCUT2D eigenvalue weighted by atomic mass is 10.2. The number of hydrogen-bond acceptors (Lipinski definition) is 4. The summed E-state index contributed by atoms with van der Waals surface area (Å²) in [5, 5.41) is 0. The summed E-state index contributed by atoms with van der Waals surface area (Å²) in [6, 6.07) is 10.6. The fraction of sp³-hybridized carbons (Fsp3) is 0.250. The van der Waals surface area contributed by atoms with Crippen LogP contribution in [0.4, 0.5) is 10.1 Å². The first-order valence-electron chi connectivity index (χ1n) is 6.82. The summed E-state index contributed by atoms with van der Waals surface area (Å²) in [7, 11) is -1.14.